The Labute approximate surface area is 169 Å². The number of nitrogens with zero attached hydrogens (tertiary/aromatic N) is 1. The third-order valence-electron chi connectivity index (χ3n) is 5.34. The van der Waals surface area contributed by atoms with E-state index in [9.17, 15) is 4.79 Å². The minimum Gasteiger partial charge on any atom is -0.497 e. The lowest BCUT2D eigenvalue weighted by atomic mass is 9.97. The lowest BCUT2D eigenvalue weighted by Crippen LogP contribution is -2.40. The molecule has 0 saturated heterocycles. The maximum atomic E-state index is 12.6. The number of thiophene rings is 1. The highest BCUT2D eigenvalue weighted by Gasteiger charge is 2.25. The second-order valence-electron chi connectivity index (χ2n) is 7.00. The SMILES string of the molecule is COc1ccc(C(=O)NCC(c2ccsc2)N2CCc3ccccc3C2)cc1. The van der Waals surface area contributed by atoms with Crippen molar-refractivity contribution in [1.29, 1.82) is 0 Å². The number of benzene rings is 2. The smallest absolute Gasteiger partial charge is 0.251 e. The van der Waals surface area contributed by atoms with Crippen molar-refractivity contribution in [3.63, 3.8) is 0 Å². The molecule has 0 saturated carbocycles. The first-order valence-corrected chi connectivity index (χ1v) is 10.4. The lowest BCUT2D eigenvalue weighted by molar-refractivity contribution is 0.0928. The summed E-state index contributed by atoms with van der Waals surface area (Å²) in [6, 6.07) is 18.2. The fourth-order valence-corrected chi connectivity index (χ4v) is 4.45. The van der Waals surface area contributed by atoms with Crippen LogP contribution in [0.1, 0.15) is 33.1 Å². The molecule has 0 radical (unpaired) electrons. The molecule has 1 aliphatic rings. The molecule has 144 valence electrons. The largest absolute Gasteiger partial charge is 0.497 e. The van der Waals surface area contributed by atoms with Crippen LogP contribution in [0.3, 0.4) is 0 Å². The van der Waals surface area contributed by atoms with Crippen LogP contribution in [-0.4, -0.2) is 31.0 Å². The number of ether oxygens (including phenoxy) is 1. The predicted molar refractivity (Wildman–Crippen MR) is 113 cm³/mol. The van der Waals surface area contributed by atoms with Gasteiger partial charge in [0.15, 0.2) is 0 Å². The van der Waals surface area contributed by atoms with Gasteiger partial charge in [0.1, 0.15) is 5.75 Å². The highest BCUT2D eigenvalue weighted by Crippen LogP contribution is 2.28. The molecular weight excluding hydrogens is 368 g/mol. The minimum atomic E-state index is -0.0553. The Hall–Kier alpha value is -2.63. The Morgan fingerprint density at radius 2 is 1.93 bits per heavy atom. The van der Waals surface area contributed by atoms with Gasteiger partial charge in [0, 0.05) is 25.2 Å². The molecular formula is C23H24N2O2S. The molecule has 1 amide bonds. The molecule has 1 atom stereocenters. The Bertz CT molecular complexity index is 922. The number of rotatable bonds is 6. The van der Waals surface area contributed by atoms with Crippen molar-refractivity contribution in [3.8, 4) is 5.75 Å². The van der Waals surface area contributed by atoms with Gasteiger partial charge in [0.2, 0.25) is 0 Å². The van der Waals surface area contributed by atoms with Gasteiger partial charge >= 0.3 is 0 Å². The number of methoxy groups -OCH3 is 1. The minimum absolute atomic E-state index is 0.0553. The molecule has 0 spiro atoms. The van der Waals surface area contributed by atoms with Crippen LogP contribution in [0.15, 0.2) is 65.4 Å². The van der Waals surface area contributed by atoms with Crippen molar-refractivity contribution in [2.24, 2.45) is 0 Å². The summed E-state index contributed by atoms with van der Waals surface area (Å²) in [5.74, 6) is 0.694. The number of nitrogens with one attached hydrogen (secondary N) is 1. The highest BCUT2D eigenvalue weighted by atomic mass is 32.1. The van der Waals surface area contributed by atoms with Gasteiger partial charge in [0.25, 0.3) is 5.91 Å². The molecule has 1 aliphatic heterocycles. The third kappa shape index (κ3) is 4.11. The van der Waals surface area contributed by atoms with Gasteiger partial charge in [-0.2, -0.15) is 11.3 Å². The fraction of sp³-hybridized carbons (Fsp3) is 0.261. The summed E-state index contributed by atoms with van der Waals surface area (Å²) in [6.07, 6.45) is 1.04. The molecule has 4 nitrogen and oxygen atoms in total. The molecule has 3 aromatic rings. The van der Waals surface area contributed by atoms with E-state index in [0.717, 1.165) is 25.3 Å². The average Bonchev–Trinajstić information content (AvgIpc) is 3.28. The molecule has 2 heterocycles. The maximum Gasteiger partial charge on any atom is 0.251 e. The number of carbonyl (C=O) groups excluding carboxylic acids is 1. The summed E-state index contributed by atoms with van der Waals surface area (Å²) in [7, 11) is 1.62. The molecule has 28 heavy (non-hydrogen) atoms. The van der Waals surface area contributed by atoms with Crippen LogP contribution < -0.4 is 10.1 Å². The molecule has 4 rings (SSSR count). The Morgan fingerprint density at radius 1 is 1.14 bits per heavy atom. The second kappa shape index (κ2) is 8.59. The van der Waals surface area contributed by atoms with Crippen LogP contribution in [0.5, 0.6) is 5.75 Å². The van der Waals surface area contributed by atoms with Crippen LogP contribution in [-0.2, 0) is 13.0 Å². The average molecular weight is 393 g/mol. The normalized spacial score (nSPS) is 14.9. The van der Waals surface area contributed by atoms with E-state index < -0.39 is 0 Å². The van der Waals surface area contributed by atoms with E-state index in [4.69, 9.17) is 4.74 Å². The van der Waals surface area contributed by atoms with E-state index >= 15 is 0 Å². The van der Waals surface area contributed by atoms with E-state index in [2.05, 4.69) is 51.3 Å². The standard InChI is InChI=1S/C23H24N2O2S/c1-27-21-8-6-18(7-9-21)23(26)24-14-22(20-11-13-28-16-20)25-12-10-17-4-2-3-5-19(17)15-25/h2-9,11,13,16,22H,10,12,14-15H2,1H3,(H,24,26). The summed E-state index contributed by atoms with van der Waals surface area (Å²) in [5, 5.41) is 7.42. The second-order valence-corrected chi connectivity index (χ2v) is 7.78. The van der Waals surface area contributed by atoms with Crippen molar-refractivity contribution in [2.45, 2.75) is 19.0 Å². The van der Waals surface area contributed by atoms with Gasteiger partial charge in [-0.1, -0.05) is 24.3 Å². The molecule has 5 heteroatoms. The number of carbonyl (C=O) groups is 1. The summed E-state index contributed by atoms with van der Waals surface area (Å²) in [5.41, 5.74) is 4.73. The van der Waals surface area contributed by atoms with E-state index in [0.29, 0.717) is 12.1 Å². The third-order valence-corrected chi connectivity index (χ3v) is 6.04. The first-order chi connectivity index (χ1) is 13.7. The number of fused-ring (bicyclic) bond motifs is 1. The van der Waals surface area contributed by atoms with Crippen molar-refractivity contribution in [1.82, 2.24) is 10.2 Å². The zero-order valence-electron chi connectivity index (χ0n) is 15.9. The predicted octanol–water partition coefficient (Wildman–Crippen LogP) is 4.29. The monoisotopic (exact) mass is 392 g/mol. The number of hydrogen-bond donors (Lipinski definition) is 1. The zero-order valence-corrected chi connectivity index (χ0v) is 16.7. The van der Waals surface area contributed by atoms with Gasteiger partial charge < -0.3 is 10.1 Å². The van der Waals surface area contributed by atoms with Gasteiger partial charge in [-0.15, -0.1) is 0 Å². The van der Waals surface area contributed by atoms with Crippen LogP contribution >= 0.6 is 11.3 Å². The van der Waals surface area contributed by atoms with Crippen LogP contribution in [0.25, 0.3) is 0 Å². The van der Waals surface area contributed by atoms with E-state index in [-0.39, 0.29) is 11.9 Å². The maximum absolute atomic E-state index is 12.6. The number of amides is 1. The molecule has 2 aromatic carbocycles. The summed E-state index contributed by atoms with van der Waals surface area (Å²) in [4.78, 5) is 15.1. The highest BCUT2D eigenvalue weighted by molar-refractivity contribution is 7.07. The van der Waals surface area contributed by atoms with Gasteiger partial charge in [0.05, 0.1) is 13.2 Å². The van der Waals surface area contributed by atoms with Crippen LogP contribution in [0, 0.1) is 0 Å². The molecule has 0 aliphatic carbocycles. The van der Waals surface area contributed by atoms with E-state index in [1.54, 1.807) is 30.6 Å². The Kier molecular flexibility index (Phi) is 5.74. The molecule has 1 aromatic heterocycles. The quantitative estimate of drug-likeness (QED) is 0.681. The Balaban J connectivity index is 1.47. The molecule has 1 unspecified atom stereocenters. The van der Waals surface area contributed by atoms with E-state index in [1.165, 1.54) is 16.7 Å². The molecule has 0 bridgehead atoms. The molecule has 1 N–H and O–H groups in total. The van der Waals surface area contributed by atoms with Crippen molar-refractivity contribution < 1.29 is 9.53 Å². The van der Waals surface area contributed by atoms with Crippen LogP contribution in [0.4, 0.5) is 0 Å². The zero-order chi connectivity index (χ0) is 19.3. The Morgan fingerprint density at radius 3 is 2.64 bits per heavy atom. The number of hydrogen-bond acceptors (Lipinski definition) is 4. The van der Waals surface area contributed by atoms with Crippen LogP contribution in [0.2, 0.25) is 0 Å². The van der Waals surface area contributed by atoms with E-state index in [1.807, 2.05) is 12.1 Å². The van der Waals surface area contributed by atoms with Crippen molar-refractivity contribution in [2.75, 3.05) is 20.2 Å². The first kappa shape index (κ1) is 18.7. The summed E-state index contributed by atoms with van der Waals surface area (Å²) in [6.45, 7) is 2.49. The first-order valence-electron chi connectivity index (χ1n) is 9.50. The topological polar surface area (TPSA) is 41.6 Å². The van der Waals surface area contributed by atoms with Gasteiger partial charge in [-0.05, 0) is 64.2 Å². The van der Waals surface area contributed by atoms with Gasteiger partial charge in [-0.25, -0.2) is 0 Å². The fourth-order valence-electron chi connectivity index (χ4n) is 3.74. The van der Waals surface area contributed by atoms with Crippen molar-refractivity contribution in [3.05, 3.63) is 87.6 Å². The van der Waals surface area contributed by atoms with Gasteiger partial charge in [-0.3, -0.25) is 9.69 Å². The van der Waals surface area contributed by atoms with Crippen molar-refractivity contribution >= 4 is 17.2 Å². The lowest BCUT2D eigenvalue weighted by Gasteiger charge is -2.35. The molecule has 0 fully saturated rings. The summed E-state index contributed by atoms with van der Waals surface area (Å²) >= 11 is 1.70. The summed E-state index contributed by atoms with van der Waals surface area (Å²) < 4.78 is 5.17.